The Kier molecular flexibility index (Phi) is 7.75. The molecule has 9 aromatic rings. The lowest BCUT2D eigenvalue weighted by Crippen LogP contribution is -2.26. The summed E-state index contributed by atoms with van der Waals surface area (Å²) < 4.78 is 0. The largest absolute Gasteiger partial charge is 0.310 e. The normalized spacial score (nSPS) is 14.4. The highest BCUT2D eigenvalue weighted by Gasteiger charge is 2.52. The van der Waals surface area contributed by atoms with Crippen LogP contribution in [0.4, 0.5) is 34.1 Å². The molecule has 0 heterocycles. The van der Waals surface area contributed by atoms with Crippen LogP contribution in [0.1, 0.15) is 22.3 Å². The summed E-state index contributed by atoms with van der Waals surface area (Å²) >= 11 is 0. The van der Waals surface area contributed by atoms with E-state index < -0.39 is 5.41 Å². The third kappa shape index (κ3) is 5.11. The predicted molar refractivity (Wildman–Crippen MR) is 238 cm³/mol. The summed E-state index contributed by atoms with van der Waals surface area (Å²) in [4.78, 5) is 4.83. The van der Waals surface area contributed by atoms with E-state index in [2.05, 4.69) is 240 Å². The lowest BCUT2D eigenvalue weighted by molar-refractivity contribution is 0.793. The molecule has 2 aliphatic rings. The Morgan fingerprint density at radius 3 is 1.39 bits per heavy atom. The highest BCUT2D eigenvalue weighted by Crippen LogP contribution is 2.65. The first-order valence-electron chi connectivity index (χ1n) is 19.7. The third-order valence-corrected chi connectivity index (χ3v) is 11.8. The lowest BCUT2D eigenvalue weighted by atomic mass is 9.70. The van der Waals surface area contributed by atoms with Gasteiger partial charge >= 0.3 is 0 Å². The first-order valence-corrected chi connectivity index (χ1v) is 19.7. The maximum absolute atomic E-state index is 2.47. The second kappa shape index (κ2) is 13.4. The molecule has 2 nitrogen and oxygen atoms in total. The highest BCUT2D eigenvalue weighted by molar-refractivity contribution is 6.01. The van der Waals surface area contributed by atoms with Crippen LogP contribution in [0.3, 0.4) is 0 Å². The van der Waals surface area contributed by atoms with Crippen molar-refractivity contribution in [3.63, 3.8) is 0 Å². The van der Waals surface area contributed by atoms with Crippen LogP contribution in [0.5, 0.6) is 0 Å². The van der Waals surface area contributed by atoms with Gasteiger partial charge in [-0.05, 0) is 117 Å². The van der Waals surface area contributed by atoms with E-state index in [4.69, 9.17) is 0 Å². The van der Waals surface area contributed by atoms with Crippen molar-refractivity contribution in [3.8, 4) is 33.4 Å². The van der Waals surface area contributed by atoms with Crippen molar-refractivity contribution in [2.75, 3.05) is 9.80 Å². The SMILES string of the molecule is c1ccc(-c2cccc(N(c3ccccc3)c3ccc4c(c3)C3(c5ccccc5-4)c4ccccc4-c4c(N(c5ccccc5)c5ccccc5)cccc43)c2)cc1. The number of para-hydroxylation sites is 3. The summed E-state index contributed by atoms with van der Waals surface area (Å²) in [6.07, 6.45) is 0. The van der Waals surface area contributed by atoms with E-state index in [0.717, 1.165) is 28.4 Å². The summed E-state index contributed by atoms with van der Waals surface area (Å²) in [6.45, 7) is 0. The van der Waals surface area contributed by atoms with Gasteiger partial charge in [-0.3, -0.25) is 0 Å². The Morgan fingerprint density at radius 2 is 0.719 bits per heavy atom. The van der Waals surface area contributed by atoms with Crippen LogP contribution < -0.4 is 9.80 Å². The summed E-state index contributed by atoms with van der Waals surface area (Å²) in [7, 11) is 0. The van der Waals surface area contributed by atoms with Crippen molar-refractivity contribution in [1.82, 2.24) is 0 Å². The number of anilines is 6. The fourth-order valence-corrected chi connectivity index (χ4v) is 9.54. The molecule has 0 saturated heterocycles. The van der Waals surface area contributed by atoms with E-state index in [0.29, 0.717) is 0 Å². The topological polar surface area (TPSA) is 6.48 Å². The van der Waals surface area contributed by atoms with Crippen LogP contribution >= 0.6 is 0 Å². The summed E-state index contributed by atoms with van der Waals surface area (Å²) in [5, 5.41) is 0. The maximum Gasteiger partial charge on any atom is 0.0727 e. The predicted octanol–water partition coefficient (Wildman–Crippen LogP) is 14.6. The smallest absolute Gasteiger partial charge is 0.0727 e. The molecule has 0 bridgehead atoms. The Bertz CT molecular complexity index is 2860. The van der Waals surface area contributed by atoms with E-state index in [1.807, 2.05) is 0 Å². The molecule has 0 fully saturated rings. The van der Waals surface area contributed by atoms with Crippen molar-refractivity contribution in [2.45, 2.75) is 5.41 Å². The Balaban J connectivity index is 1.18. The van der Waals surface area contributed by atoms with Gasteiger partial charge in [-0.2, -0.15) is 0 Å². The van der Waals surface area contributed by atoms with Crippen LogP contribution in [0.2, 0.25) is 0 Å². The van der Waals surface area contributed by atoms with Gasteiger partial charge in [0, 0.05) is 34.0 Å². The molecule has 0 radical (unpaired) electrons. The fourth-order valence-electron chi connectivity index (χ4n) is 9.54. The van der Waals surface area contributed by atoms with Crippen molar-refractivity contribution in [3.05, 3.63) is 253 Å². The molecule has 0 saturated carbocycles. The first kappa shape index (κ1) is 33.0. The minimum atomic E-state index is -0.531. The van der Waals surface area contributed by atoms with Gasteiger partial charge in [0.15, 0.2) is 0 Å². The Morgan fingerprint density at radius 1 is 0.263 bits per heavy atom. The number of nitrogens with zero attached hydrogens (tertiary/aromatic N) is 2. The van der Waals surface area contributed by atoms with Crippen LogP contribution in [-0.2, 0) is 5.41 Å². The second-order valence-electron chi connectivity index (χ2n) is 14.9. The standard InChI is InChI=1S/C55H38N2/c1-5-19-39(20-6-1)40-21-17-28-44(37-40)56(41-22-7-2-8-23-41)45-35-36-47-46-29-13-15-31-49(46)55(52(47)38-45)50-32-16-14-30-48(50)54-51(55)33-18-34-53(54)57(42-24-9-3-10-25-42)43-26-11-4-12-27-43/h1-38H. The van der Waals surface area contributed by atoms with Gasteiger partial charge in [0.1, 0.15) is 0 Å². The first-order chi connectivity index (χ1) is 28.3. The molecule has 268 valence electrons. The van der Waals surface area contributed by atoms with Gasteiger partial charge in [0.2, 0.25) is 0 Å². The molecular weight excluding hydrogens is 689 g/mol. The average Bonchev–Trinajstić information content (AvgIpc) is 3.76. The number of fused-ring (bicyclic) bond motifs is 10. The van der Waals surface area contributed by atoms with Gasteiger partial charge < -0.3 is 9.80 Å². The van der Waals surface area contributed by atoms with E-state index in [1.54, 1.807) is 0 Å². The van der Waals surface area contributed by atoms with Crippen LogP contribution in [0.25, 0.3) is 33.4 Å². The van der Waals surface area contributed by atoms with E-state index >= 15 is 0 Å². The molecule has 9 aromatic carbocycles. The quantitative estimate of drug-likeness (QED) is 0.161. The highest BCUT2D eigenvalue weighted by atomic mass is 15.1. The Hall–Kier alpha value is -7.42. The molecule has 2 heteroatoms. The molecule has 0 aromatic heterocycles. The molecule has 57 heavy (non-hydrogen) atoms. The molecule has 1 spiro atoms. The monoisotopic (exact) mass is 726 g/mol. The number of hydrogen-bond donors (Lipinski definition) is 0. The number of benzene rings is 9. The molecule has 1 atom stereocenters. The Labute approximate surface area is 334 Å². The minimum absolute atomic E-state index is 0.531. The molecule has 0 aliphatic heterocycles. The van der Waals surface area contributed by atoms with Crippen molar-refractivity contribution >= 4 is 34.1 Å². The molecule has 11 rings (SSSR count). The summed E-state index contributed by atoms with van der Waals surface area (Å²) in [5.74, 6) is 0. The zero-order valence-electron chi connectivity index (χ0n) is 31.3. The lowest BCUT2D eigenvalue weighted by Gasteiger charge is -2.33. The molecule has 1 unspecified atom stereocenters. The van der Waals surface area contributed by atoms with E-state index in [1.165, 1.54) is 61.3 Å². The minimum Gasteiger partial charge on any atom is -0.310 e. The van der Waals surface area contributed by atoms with E-state index in [-0.39, 0.29) is 0 Å². The zero-order valence-corrected chi connectivity index (χ0v) is 31.3. The van der Waals surface area contributed by atoms with E-state index in [9.17, 15) is 0 Å². The molecular formula is C55H38N2. The average molecular weight is 727 g/mol. The van der Waals surface area contributed by atoms with Crippen molar-refractivity contribution < 1.29 is 0 Å². The second-order valence-corrected chi connectivity index (χ2v) is 14.9. The molecule has 0 N–H and O–H groups in total. The van der Waals surface area contributed by atoms with Crippen LogP contribution in [0.15, 0.2) is 231 Å². The van der Waals surface area contributed by atoms with Gasteiger partial charge in [0.05, 0.1) is 11.1 Å². The zero-order chi connectivity index (χ0) is 37.8. The third-order valence-electron chi connectivity index (χ3n) is 11.8. The van der Waals surface area contributed by atoms with Crippen molar-refractivity contribution in [2.24, 2.45) is 0 Å². The molecule has 0 amide bonds. The van der Waals surface area contributed by atoms with Crippen molar-refractivity contribution in [1.29, 1.82) is 0 Å². The van der Waals surface area contributed by atoms with Gasteiger partial charge in [-0.15, -0.1) is 0 Å². The number of hydrogen-bond acceptors (Lipinski definition) is 2. The molecule has 2 aliphatic carbocycles. The van der Waals surface area contributed by atoms with Gasteiger partial charge in [0.25, 0.3) is 0 Å². The van der Waals surface area contributed by atoms with Gasteiger partial charge in [-0.25, -0.2) is 0 Å². The van der Waals surface area contributed by atoms with Crippen LogP contribution in [0, 0.1) is 0 Å². The summed E-state index contributed by atoms with van der Waals surface area (Å²) in [5.41, 5.74) is 19.0. The summed E-state index contributed by atoms with van der Waals surface area (Å²) in [6, 6.07) is 84.1. The van der Waals surface area contributed by atoms with Gasteiger partial charge in [-0.1, -0.05) is 164 Å². The number of rotatable bonds is 7. The maximum atomic E-state index is 2.47. The fraction of sp³-hybridized carbons (Fsp3) is 0.0182. The van der Waals surface area contributed by atoms with Crippen LogP contribution in [-0.4, -0.2) is 0 Å².